The van der Waals surface area contributed by atoms with E-state index in [4.69, 9.17) is 4.74 Å². The maximum absolute atomic E-state index is 5.28. The molecule has 18 heavy (non-hydrogen) atoms. The third-order valence-corrected chi connectivity index (χ3v) is 4.31. The summed E-state index contributed by atoms with van der Waals surface area (Å²) >= 11 is 0. The van der Waals surface area contributed by atoms with Crippen molar-refractivity contribution in [2.45, 2.75) is 52.6 Å². The molecule has 1 aliphatic rings. The summed E-state index contributed by atoms with van der Waals surface area (Å²) in [5, 5.41) is 3.74. The predicted octanol–water partition coefficient (Wildman–Crippen LogP) is 2.37. The first-order valence-corrected chi connectivity index (χ1v) is 7.40. The van der Waals surface area contributed by atoms with Crippen LogP contribution < -0.4 is 5.32 Å². The molecule has 3 nitrogen and oxygen atoms in total. The molecule has 0 aromatic carbocycles. The molecule has 0 aromatic rings. The molecule has 1 N–H and O–H groups in total. The second-order valence-electron chi connectivity index (χ2n) is 6.60. The maximum atomic E-state index is 5.28. The molecule has 108 valence electrons. The van der Waals surface area contributed by atoms with E-state index in [1.807, 2.05) is 0 Å². The zero-order valence-corrected chi connectivity index (χ0v) is 13.1. The van der Waals surface area contributed by atoms with Crippen LogP contribution in [0.5, 0.6) is 0 Å². The summed E-state index contributed by atoms with van der Waals surface area (Å²) < 4.78 is 5.28. The summed E-state index contributed by atoms with van der Waals surface area (Å²) in [4.78, 5) is 2.67. The van der Waals surface area contributed by atoms with E-state index in [9.17, 15) is 0 Å². The Hall–Kier alpha value is -0.120. The van der Waals surface area contributed by atoms with Gasteiger partial charge in [-0.2, -0.15) is 0 Å². The number of ether oxygens (including phenoxy) is 1. The molecule has 1 rings (SSSR count). The molecule has 0 radical (unpaired) electrons. The first-order valence-electron chi connectivity index (χ1n) is 7.40. The van der Waals surface area contributed by atoms with Gasteiger partial charge in [0, 0.05) is 44.9 Å². The fourth-order valence-electron chi connectivity index (χ4n) is 2.93. The van der Waals surface area contributed by atoms with Crippen LogP contribution in [0.2, 0.25) is 0 Å². The highest BCUT2D eigenvalue weighted by Gasteiger charge is 2.35. The normalized spacial score (nSPS) is 31.8. The highest BCUT2D eigenvalue weighted by atomic mass is 16.5. The van der Waals surface area contributed by atoms with Gasteiger partial charge in [-0.1, -0.05) is 27.7 Å². The van der Waals surface area contributed by atoms with Crippen LogP contribution in [0.25, 0.3) is 0 Å². The van der Waals surface area contributed by atoms with E-state index in [0.717, 1.165) is 26.2 Å². The van der Waals surface area contributed by atoms with Crippen LogP contribution in [-0.2, 0) is 4.74 Å². The fraction of sp³-hybridized carbons (Fsp3) is 1.00. The SMILES string of the molecule is CCC1(C)CN(CC(C)COC)C(C(C)C)CN1. The Kier molecular flexibility index (Phi) is 6.09. The number of hydrogen-bond donors (Lipinski definition) is 1. The molecular formula is C15H32N2O. The maximum Gasteiger partial charge on any atom is 0.0500 e. The van der Waals surface area contributed by atoms with Gasteiger partial charge < -0.3 is 10.1 Å². The average molecular weight is 256 g/mol. The summed E-state index contributed by atoms with van der Waals surface area (Å²) in [6, 6.07) is 0.656. The molecule has 3 unspecified atom stereocenters. The lowest BCUT2D eigenvalue weighted by molar-refractivity contribution is 0.0355. The van der Waals surface area contributed by atoms with Crippen molar-refractivity contribution in [3.05, 3.63) is 0 Å². The van der Waals surface area contributed by atoms with Crippen LogP contribution in [0.4, 0.5) is 0 Å². The standard InChI is InChI=1S/C15H32N2O/c1-7-15(5)11-17(9-13(4)10-18-6)14(8-16-15)12(2)3/h12-14,16H,7-11H2,1-6H3. The number of methoxy groups -OCH3 is 1. The second kappa shape index (κ2) is 6.88. The quantitative estimate of drug-likeness (QED) is 0.789. The van der Waals surface area contributed by atoms with Crippen LogP contribution in [0.15, 0.2) is 0 Å². The van der Waals surface area contributed by atoms with Crippen LogP contribution in [0, 0.1) is 11.8 Å². The van der Waals surface area contributed by atoms with Crippen LogP contribution in [0.3, 0.4) is 0 Å². The highest BCUT2D eigenvalue weighted by molar-refractivity contribution is 4.95. The van der Waals surface area contributed by atoms with Crippen molar-refractivity contribution in [2.75, 3.05) is 33.4 Å². The Morgan fingerprint density at radius 3 is 2.56 bits per heavy atom. The van der Waals surface area contributed by atoms with Gasteiger partial charge >= 0.3 is 0 Å². The second-order valence-corrected chi connectivity index (χ2v) is 6.60. The van der Waals surface area contributed by atoms with Crippen molar-refractivity contribution >= 4 is 0 Å². The molecule has 0 spiro atoms. The smallest absolute Gasteiger partial charge is 0.0500 e. The number of nitrogens with zero attached hydrogens (tertiary/aromatic N) is 1. The van der Waals surface area contributed by atoms with Gasteiger partial charge in [0.1, 0.15) is 0 Å². The van der Waals surface area contributed by atoms with Crippen molar-refractivity contribution in [2.24, 2.45) is 11.8 Å². The third-order valence-electron chi connectivity index (χ3n) is 4.31. The lowest BCUT2D eigenvalue weighted by atomic mass is 9.89. The number of nitrogens with one attached hydrogen (secondary N) is 1. The Balaban J connectivity index is 2.66. The largest absolute Gasteiger partial charge is 0.384 e. The van der Waals surface area contributed by atoms with Gasteiger partial charge in [0.25, 0.3) is 0 Å². The van der Waals surface area contributed by atoms with Crippen LogP contribution in [0.1, 0.15) is 41.0 Å². The first kappa shape index (κ1) is 15.9. The minimum Gasteiger partial charge on any atom is -0.384 e. The van der Waals surface area contributed by atoms with E-state index in [-0.39, 0.29) is 5.54 Å². The molecule has 1 fully saturated rings. The van der Waals surface area contributed by atoms with Crippen molar-refractivity contribution in [1.82, 2.24) is 10.2 Å². The van der Waals surface area contributed by atoms with Crippen molar-refractivity contribution in [3.63, 3.8) is 0 Å². The average Bonchev–Trinajstić information content (AvgIpc) is 2.29. The Morgan fingerprint density at radius 2 is 2.06 bits per heavy atom. The van der Waals surface area contributed by atoms with Crippen molar-refractivity contribution < 1.29 is 4.74 Å². The zero-order chi connectivity index (χ0) is 13.8. The Labute approximate surface area is 113 Å². The summed E-state index contributed by atoms with van der Waals surface area (Å²) in [7, 11) is 1.80. The first-order chi connectivity index (χ1) is 8.41. The van der Waals surface area contributed by atoms with Gasteiger partial charge in [-0.15, -0.1) is 0 Å². The summed E-state index contributed by atoms with van der Waals surface area (Å²) in [6.07, 6.45) is 1.19. The monoisotopic (exact) mass is 256 g/mol. The minimum absolute atomic E-state index is 0.276. The lowest BCUT2D eigenvalue weighted by Gasteiger charge is -2.48. The molecular weight excluding hydrogens is 224 g/mol. The van der Waals surface area contributed by atoms with Gasteiger partial charge in [-0.25, -0.2) is 0 Å². The molecule has 3 heteroatoms. The summed E-state index contributed by atoms with van der Waals surface area (Å²) in [5.41, 5.74) is 0.276. The molecule has 0 aromatic heterocycles. The van der Waals surface area contributed by atoms with E-state index in [1.165, 1.54) is 6.42 Å². The highest BCUT2D eigenvalue weighted by Crippen LogP contribution is 2.23. The van der Waals surface area contributed by atoms with Crippen LogP contribution >= 0.6 is 0 Å². The van der Waals surface area contributed by atoms with E-state index in [2.05, 4.69) is 44.8 Å². The Morgan fingerprint density at radius 1 is 1.39 bits per heavy atom. The van der Waals surface area contributed by atoms with Gasteiger partial charge in [0.05, 0.1) is 0 Å². The van der Waals surface area contributed by atoms with E-state index in [0.29, 0.717) is 17.9 Å². The van der Waals surface area contributed by atoms with Crippen LogP contribution in [-0.4, -0.2) is 49.8 Å². The Bertz CT molecular complexity index is 245. The van der Waals surface area contributed by atoms with Crippen molar-refractivity contribution in [3.8, 4) is 0 Å². The van der Waals surface area contributed by atoms with Gasteiger partial charge in [-0.3, -0.25) is 4.90 Å². The number of rotatable bonds is 6. The topological polar surface area (TPSA) is 24.5 Å². The number of piperazine rings is 1. The third kappa shape index (κ3) is 4.22. The van der Waals surface area contributed by atoms with Gasteiger partial charge in [0.2, 0.25) is 0 Å². The fourth-order valence-corrected chi connectivity index (χ4v) is 2.93. The lowest BCUT2D eigenvalue weighted by Crippen LogP contribution is -2.64. The predicted molar refractivity (Wildman–Crippen MR) is 77.9 cm³/mol. The molecule has 0 saturated carbocycles. The molecule has 1 saturated heterocycles. The molecule has 0 aliphatic carbocycles. The van der Waals surface area contributed by atoms with E-state index in [1.54, 1.807) is 7.11 Å². The van der Waals surface area contributed by atoms with Gasteiger partial charge in [-0.05, 0) is 25.2 Å². The molecule has 1 aliphatic heterocycles. The summed E-state index contributed by atoms with van der Waals surface area (Å²) in [6.45, 7) is 15.8. The van der Waals surface area contributed by atoms with E-state index >= 15 is 0 Å². The van der Waals surface area contributed by atoms with E-state index < -0.39 is 0 Å². The molecule has 0 bridgehead atoms. The number of hydrogen-bond acceptors (Lipinski definition) is 3. The molecule has 3 atom stereocenters. The molecule has 0 amide bonds. The molecule has 1 heterocycles. The van der Waals surface area contributed by atoms with Crippen molar-refractivity contribution in [1.29, 1.82) is 0 Å². The van der Waals surface area contributed by atoms with Gasteiger partial charge in [0.15, 0.2) is 0 Å². The zero-order valence-electron chi connectivity index (χ0n) is 13.1. The summed E-state index contributed by atoms with van der Waals surface area (Å²) in [5.74, 6) is 1.31. The minimum atomic E-state index is 0.276.